The zero-order valence-electron chi connectivity index (χ0n) is 12.1. The maximum absolute atomic E-state index is 3.76. The van der Waals surface area contributed by atoms with Crippen molar-refractivity contribution in [1.29, 1.82) is 0 Å². The van der Waals surface area contributed by atoms with Gasteiger partial charge in [0.05, 0.1) is 21.6 Å². The Morgan fingerprint density at radius 1 is 1.20 bits per heavy atom. The first kappa shape index (κ1) is 13.8. The van der Waals surface area contributed by atoms with Gasteiger partial charge >= 0.3 is 0 Å². The third-order valence-electron chi connectivity index (χ3n) is 3.63. The number of fused-ring (bicyclic) bond motifs is 1. The summed E-state index contributed by atoms with van der Waals surface area (Å²) in [5, 5.41) is 6.64. The molecular formula is C16H20N2S2. The van der Waals surface area contributed by atoms with E-state index >= 15 is 0 Å². The third-order valence-corrected chi connectivity index (χ3v) is 5.97. The Hall–Kier alpha value is -1.13. The van der Waals surface area contributed by atoms with Crippen LogP contribution in [-0.2, 0) is 0 Å². The van der Waals surface area contributed by atoms with E-state index in [4.69, 9.17) is 0 Å². The molecule has 106 valence electrons. The Kier molecular flexibility index (Phi) is 3.94. The lowest BCUT2D eigenvalue weighted by atomic mass is 10.0. The Morgan fingerprint density at radius 2 is 2.00 bits per heavy atom. The zero-order valence-corrected chi connectivity index (χ0v) is 13.7. The lowest BCUT2D eigenvalue weighted by Gasteiger charge is -2.30. The molecule has 0 saturated carbocycles. The lowest BCUT2D eigenvalue weighted by Crippen LogP contribution is -2.20. The number of rotatable bonds is 3. The van der Waals surface area contributed by atoms with Crippen molar-refractivity contribution >= 4 is 34.5 Å². The first-order valence-electron chi connectivity index (χ1n) is 6.92. The highest BCUT2D eigenvalue weighted by Gasteiger charge is 2.26. The van der Waals surface area contributed by atoms with Gasteiger partial charge in [-0.15, -0.1) is 23.1 Å². The van der Waals surface area contributed by atoms with Crippen molar-refractivity contribution in [3.05, 3.63) is 41.3 Å². The second kappa shape index (κ2) is 5.70. The number of nitrogens with zero attached hydrogens (tertiary/aromatic N) is 1. The Morgan fingerprint density at radius 3 is 2.80 bits per heavy atom. The average molecular weight is 304 g/mol. The number of thiophene rings is 1. The van der Waals surface area contributed by atoms with Crippen molar-refractivity contribution in [3.8, 4) is 0 Å². The SMILES string of the molecule is C[C@H]1CC(Nc2ccccc2N(C)C)c2ccsc2S1. The molecule has 0 amide bonds. The highest BCUT2D eigenvalue weighted by atomic mass is 32.2. The summed E-state index contributed by atoms with van der Waals surface area (Å²) in [7, 11) is 4.19. The van der Waals surface area contributed by atoms with Gasteiger partial charge in [0.2, 0.25) is 0 Å². The first-order valence-corrected chi connectivity index (χ1v) is 8.68. The van der Waals surface area contributed by atoms with Crippen molar-refractivity contribution in [2.24, 2.45) is 0 Å². The fraction of sp³-hybridized carbons (Fsp3) is 0.375. The van der Waals surface area contributed by atoms with E-state index in [1.54, 1.807) is 0 Å². The van der Waals surface area contributed by atoms with Crippen LogP contribution in [0.1, 0.15) is 24.9 Å². The van der Waals surface area contributed by atoms with E-state index in [2.05, 4.69) is 66.9 Å². The monoisotopic (exact) mass is 304 g/mol. The molecule has 2 atom stereocenters. The summed E-state index contributed by atoms with van der Waals surface area (Å²) in [6, 6.07) is 11.2. The van der Waals surface area contributed by atoms with Crippen molar-refractivity contribution in [3.63, 3.8) is 0 Å². The van der Waals surface area contributed by atoms with Crippen LogP contribution in [0.2, 0.25) is 0 Å². The molecule has 0 spiro atoms. The largest absolute Gasteiger partial charge is 0.376 e. The van der Waals surface area contributed by atoms with E-state index < -0.39 is 0 Å². The Balaban J connectivity index is 1.89. The molecule has 0 fully saturated rings. The molecule has 20 heavy (non-hydrogen) atoms. The second-order valence-corrected chi connectivity index (χ2v) is 8.06. The van der Waals surface area contributed by atoms with Crippen LogP contribution in [0.4, 0.5) is 11.4 Å². The van der Waals surface area contributed by atoms with Gasteiger partial charge in [-0.25, -0.2) is 0 Å². The summed E-state index contributed by atoms with van der Waals surface area (Å²) < 4.78 is 1.48. The normalized spacial score (nSPS) is 21.4. The topological polar surface area (TPSA) is 15.3 Å². The van der Waals surface area contributed by atoms with Crippen molar-refractivity contribution in [1.82, 2.24) is 0 Å². The van der Waals surface area contributed by atoms with Crippen LogP contribution in [-0.4, -0.2) is 19.3 Å². The van der Waals surface area contributed by atoms with Gasteiger partial charge in [0.25, 0.3) is 0 Å². The highest BCUT2D eigenvalue weighted by Crippen LogP contribution is 2.45. The van der Waals surface area contributed by atoms with Gasteiger partial charge in [0, 0.05) is 19.3 Å². The van der Waals surface area contributed by atoms with Gasteiger partial charge in [-0.2, -0.15) is 0 Å². The molecule has 1 aliphatic rings. The minimum absolute atomic E-state index is 0.425. The number of hydrogen-bond donors (Lipinski definition) is 1. The number of anilines is 2. The number of hydrogen-bond acceptors (Lipinski definition) is 4. The van der Waals surface area contributed by atoms with E-state index in [1.165, 1.54) is 27.6 Å². The van der Waals surface area contributed by atoms with Crippen LogP contribution in [0.15, 0.2) is 39.9 Å². The molecule has 0 radical (unpaired) electrons. The molecule has 2 nitrogen and oxygen atoms in total. The van der Waals surface area contributed by atoms with Crippen LogP contribution in [0.5, 0.6) is 0 Å². The van der Waals surface area contributed by atoms with Gasteiger partial charge < -0.3 is 10.2 Å². The number of benzene rings is 1. The standard InChI is InChI=1S/C16H20N2S2/c1-11-10-14(12-8-9-19-16(12)20-11)17-13-6-4-5-7-15(13)18(2)3/h4-9,11,14,17H,10H2,1-3H3/t11-,14?/m0/s1. The van der Waals surface area contributed by atoms with E-state index in [9.17, 15) is 0 Å². The highest BCUT2D eigenvalue weighted by molar-refractivity contribution is 8.01. The summed E-state index contributed by atoms with van der Waals surface area (Å²) in [5.74, 6) is 0. The third kappa shape index (κ3) is 2.67. The maximum atomic E-state index is 3.76. The van der Waals surface area contributed by atoms with Crippen LogP contribution in [0, 0.1) is 0 Å². The van der Waals surface area contributed by atoms with Gasteiger partial charge in [-0.3, -0.25) is 0 Å². The molecule has 2 aromatic rings. The maximum Gasteiger partial charge on any atom is 0.0653 e. The number of para-hydroxylation sites is 2. The molecule has 1 aliphatic heterocycles. The fourth-order valence-electron chi connectivity index (χ4n) is 2.66. The summed E-state index contributed by atoms with van der Waals surface area (Å²) in [5.41, 5.74) is 3.93. The summed E-state index contributed by atoms with van der Waals surface area (Å²) in [6.07, 6.45) is 1.18. The van der Waals surface area contributed by atoms with Gasteiger partial charge in [0.1, 0.15) is 0 Å². The molecular weight excluding hydrogens is 284 g/mol. The predicted octanol–water partition coefficient (Wildman–Crippen LogP) is 4.85. The van der Waals surface area contributed by atoms with Crippen molar-refractivity contribution in [2.75, 3.05) is 24.3 Å². The first-order chi connectivity index (χ1) is 9.65. The van der Waals surface area contributed by atoms with Gasteiger partial charge in [-0.05, 0) is 35.6 Å². The van der Waals surface area contributed by atoms with Gasteiger partial charge in [-0.1, -0.05) is 19.1 Å². The van der Waals surface area contributed by atoms with Crippen LogP contribution < -0.4 is 10.2 Å². The molecule has 0 bridgehead atoms. The van der Waals surface area contributed by atoms with Crippen molar-refractivity contribution < 1.29 is 0 Å². The molecule has 1 aromatic heterocycles. The molecule has 2 heterocycles. The number of nitrogens with one attached hydrogen (secondary N) is 1. The second-order valence-electron chi connectivity index (χ2n) is 5.44. The molecule has 4 heteroatoms. The fourth-order valence-corrected chi connectivity index (χ4v) is 5.23. The molecule has 1 unspecified atom stereocenters. The van der Waals surface area contributed by atoms with Crippen molar-refractivity contribution in [2.45, 2.75) is 28.8 Å². The summed E-state index contributed by atoms with van der Waals surface area (Å²) in [6.45, 7) is 2.32. The van der Waals surface area contributed by atoms with E-state index in [0.29, 0.717) is 11.3 Å². The van der Waals surface area contributed by atoms with Crippen LogP contribution in [0.25, 0.3) is 0 Å². The minimum atomic E-state index is 0.425. The predicted molar refractivity (Wildman–Crippen MR) is 91.4 cm³/mol. The summed E-state index contributed by atoms with van der Waals surface area (Å²) in [4.78, 5) is 2.16. The minimum Gasteiger partial charge on any atom is -0.376 e. The number of thioether (sulfide) groups is 1. The zero-order chi connectivity index (χ0) is 14.1. The molecule has 1 aromatic carbocycles. The van der Waals surface area contributed by atoms with Crippen LogP contribution >= 0.6 is 23.1 Å². The Labute approximate surface area is 129 Å². The molecule has 0 aliphatic carbocycles. The van der Waals surface area contributed by atoms with E-state index in [1.807, 2.05) is 23.1 Å². The lowest BCUT2D eigenvalue weighted by molar-refractivity contribution is 0.670. The Bertz CT molecular complexity index is 592. The molecule has 1 N–H and O–H groups in total. The average Bonchev–Trinajstić information content (AvgIpc) is 2.87. The van der Waals surface area contributed by atoms with Gasteiger partial charge in [0.15, 0.2) is 0 Å². The molecule has 0 saturated heterocycles. The summed E-state index contributed by atoms with van der Waals surface area (Å²) >= 11 is 3.88. The smallest absolute Gasteiger partial charge is 0.0653 e. The van der Waals surface area contributed by atoms with E-state index in [-0.39, 0.29) is 0 Å². The van der Waals surface area contributed by atoms with Crippen LogP contribution in [0.3, 0.4) is 0 Å². The molecule has 3 rings (SSSR count). The quantitative estimate of drug-likeness (QED) is 0.872. The van der Waals surface area contributed by atoms with E-state index in [0.717, 1.165) is 0 Å².